The molecule has 4 rings (SSSR count). The van der Waals surface area contributed by atoms with Crippen LogP contribution in [-0.2, 0) is 6.61 Å². The quantitative estimate of drug-likeness (QED) is 0.542. The van der Waals surface area contributed by atoms with Gasteiger partial charge in [0.25, 0.3) is 5.69 Å². The molecule has 3 aromatic rings. The van der Waals surface area contributed by atoms with Crippen molar-refractivity contribution in [3.63, 3.8) is 0 Å². The van der Waals surface area contributed by atoms with Gasteiger partial charge < -0.3 is 10.1 Å². The molecule has 27 heavy (non-hydrogen) atoms. The normalized spacial score (nSPS) is 12.4. The van der Waals surface area contributed by atoms with Gasteiger partial charge >= 0.3 is 0 Å². The van der Waals surface area contributed by atoms with Crippen LogP contribution in [-0.4, -0.2) is 10.7 Å². The zero-order valence-corrected chi connectivity index (χ0v) is 13.9. The molecule has 6 nitrogen and oxygen atoms in total. The number of nitrogens with one attached hydrogen (secondary N) is 1. The fraction of sp³-hybridized carbons (Fsp3) is 0.0500. The molecule has 1 heterocycles. The number of hydrogen-bond acceptors (Lipinski definition) is 5. The first-order valence-electron chi connectivity index (χ1n) is 8.13. The van der Waals surface area contributed by atoms with E-state index in [0.29, 0.717) is 22.6 Å². The van der Waals surface area contributed by atoms with E-state index >= 15 is 0 Å². The Morgan fingerprint density at radius 3 is 2.63 bits per heavy atom. The lowest BCUT2D eigenvalue weighted by Crippen LogP contribution is -2.03. The third-order valence-electron chi connectivity index (χ3n) is 4.31. The van der Waals surface area contributed by atoms with Crippen LogP contribution in [0.1, 0.15) is 21.5 Å². The van der Waals surface area contributed by atoms with Crippen molar-refractivity contribution in [2.45, 2.75) is 6.61 Å². The maximum Gasteiger partial charge on any atom is 0.272 e. The van der Waals surface area contributed by atoms with Gasteiger partial charge in [0.15, 0.2) is 11.6 Å². The van der Waals surface area contributed by atoms with Crippen LogP contribution in [0.3, 0.4) is 0 Å². The predicted molar refractivity (Wildman–Crippen MR) is 97.0 cm³/mol. The number of fused-ring (bicyclic) bond motifs is 2. The molecule has 1 N–H and O–H groups in total. The second-order valence-electron chi connectivity index (χ2n) is 6.03. The number of ketones is 1. The van der Waals surface area contributed by atoms with Crippen LogP contribution in [0.5, 0.6) is 5.75 Å². The van der Waals surface area contributed by atoms with Crippen molar-refractivity contribution < 1.29 is 18.8 Å². The molecule has 0 fully saturated rings. The van der Waals surface area contributed by atoms with Gasteiger partial charge in [-0.2, -0.15) is 0 Å². The smallest absolute Gasteiger partial charge is 0.272 e. The van der Waals surface area contributed by atoms with Crippen LogP contribution in [0.25, 0.3) is 0 Å². The SMILES string of the molecule is O=C1c2ccccc2COc2cc(Nc3ccc([N+](=O)[O-])cc3F)ccc21. The molecule has 0 saturated heterocycles. The number of halogens is 1. The summed E-state index contributed by atoms with van der Waals surface area (Å²) in [6, 6.07) is 15.5. The Kier molecular flexibility index (Phi) is 4.04. The maximum atomic E-state index is 14.1. The second-order valence-corrected chi connectivity index (χ2v) is 6.03. The van der Waals surface area contributed by atoms with E-state index < -0.39 is 10.7 Å². The number of ether oxygens (including phenoxy) is 1. The molecule has 0 bridgehead atoms. The van der Waals surface area contributed by atoms with Gasteiger partial charge in [-0.1, -0.05) is 24.3 Å². The molecule has 0 atom stereocenters. The highest BCUT2D eigenvalue weighted by Crippen LogP contribution is 2.32. The topological polar surface area (TPSA) is 81.5 Å². The zero-order chi connectivity index (χ0) is 19.0. The number of benzene rings is 3. The first-order valence-corrected chi connectivity index (χ1v) is 8.13. The maximum absolute atomic E-state index is 14.1. The molecular formula is C20H13FN2O4. The second kappa shape index (κ2) is 6.53. The Bertz CT molecular complexity index is 1080. The minimum absolute atomic E-state index is 0.0868. The Morgan fingerprint density at radius 2 is 1.85 bits per heavy atom. The molecule has 1 aliphatic heterocycles. The molecule has 1 aliphatic rings. The largest absolute Gasteiger partial charge is 0.488 e. The molecule has 0 saturated carbocycles. The summed E-state index contributed by atoms with van der Waals surface area (Å²) in [6.45, 7) is 0.254. The molecule has 3 aromatic carbocycles. The van der Waals surface area contributed by atoms with Crippen molar-refractivity contribution in [3.05, 3.63) is 93.3 Å². The van der Waals surface area contributed by atoms with Crippen LogP contribution < -0.4 is 10.1 Å². The number of anilines is 2. The highest BCUT2D eigenvalue weighted by molar-refractivity contribution is 6.12. The molecule has 0 radical (unpaired) electrons. The van der Waals surface area contributed by atoms with Crippen LogP contribution in [0.15, 0.2) is 60.7 Å². The summed E-state index contributed by atoms with van der Waals surface area (Å²) in [5, 5.41) is 13.6. The lowest BCUT2D eigenvalue weighted by atomic mass is 9.99. The minimum Gasteiger partial charge on any atom is -0.488 e. The van der Waals surface area contributed by atoms with E-state index in [1.54, 1.807) is 30.3 Å². The lowest BCUT2D eigenvalue weighted by molar-refractivity contribution is -0.385. The number of nitrogens with zero attached hydrogens (tertiary/aromatic N) is 1. The van der Waals surface area contributed by atoms with Crippen LogP contribution >= 0.6 is 0 Å². The summed E-state index contributed by atoms with van der Waals surface area (Å²) in [4.78, 5) is 22.8. The van der Waals surface area contributed by atoms with Crippen molar-refractivity contribution >= 4 is 22.8 Å². The fourth-order valence-corrected chi connectivity index (χ4v) is 2.95. The van der Waals surface area contributed by atoms with Crippen molar-refractivity contribution in [1.29, 1.82) is 0 Å². The molecule has 0 aromatic heterocycles. The van der Waals surface area contributed by atoms with Gasteiger partial charge in [0.05, 0.1) is 22.2 Å². The van der Waals surface area contributed by atoms with E-state index in [1.807, 2.05) is 12.1 Å². The van der Waals surface area contributed by atoms with Crippen molar-refractivity contribution in [2.24, 2.45) is 0 Å². The standard InChI is InChI=1S/C20H13FN2O4/c21-17-10-14(23(25)26)6-8-18(17)22-13-5-7-16-19(9-13)27-11-12-3-1-2-4-15(12)20(16)24/h1-10,22H,11H2. The zero-order valence-electron chi connectivity index (χ0n) is 13.9. The number of nitro groups is 1. The first-order chi connectivity index (χ1) is 13.0. The Labute approximate surface area is 153 Å². The Hall–Kier alpha value is -3.74. The molecule has 134 valence electrons. The van der Waals surface area contributed by atoms with Crippen molar-refractivity contribution in [3.8, 4) is 5.75 Å². The number of carbonyl (C=O) groups excluding carboxylic acids is 1. The molecule has 0 aliphatic carbocycles. The highest BCUT2D eigenvalue weighted by atomic mass is 19.1. The molecular weight excluding hydrogens is 351 g/mol. The van der Waals surface area contributed by atoms with E-state index in [1.165, 1.54) is 12.1 Å². The van der Waals surface area contributed by atoms with Gasteiger partial charge in [-0.25, -0.2) is 4.39 Å². The van der Waals surface area contributed by atoms with Gasteiger partial charge in [-0.15, -0.1) is 0 Å². The van der Waals surface area contributed by atoms with E-state index in [-0.39, 0.29) is 23.8 Å². The van der Waals surface area contributed by atoms with Crippen LogP contribution in [0.2, 0.25) is 0 Å². The molecule has 7 heteroatoms. The number of hydrogen-bond donors (Lipinski definition) is 1. The van der Waals surface area contributed by atoms with Gasteiger partial charge in [-0.05, 0) is 18.2 Å². The van der Waals surface area contributed by atoms with E-state index in [0.717, 1.165) is 11.6 Å². The summed E-state index contributed by atoms with van der Waals surface area (Å²) < 4.78 is 19.8. The van der Waals surface area contributed by atoms with Gasteiger partial charge in [-0.3, -0.25) is 14.9 Å². The third-order valence-corrected chi connectivity index (χ3v) is 4.31. The summed E-state index contributed by atoms with van der Waals surface area (Å²) >= 11 is 0. The molecule has 0 spiro atoms. The third kappa shape index (κ3) is 3.10. The van der Waals surface area contributed by atoms with Gasteiger partial charge in [0, 0.05) is 28.9 Å². The van der Waals surface area contributed by atoms with Crippen molar-refractivity contribution in [2.75, 3.05) is 5.32 Å². The summed E-state index contributed by atoms with van der Waals surface area (Å²) in [6.07, 6.45) is 0. The van der Waals surface area contributed by atoms with Crippen LogP contribution in [0.4, 0.5) is 21.5 Å². The molecule has 0 amide bonds. The number of non-ortho nitro benzene ring substituents is 1. The van der Waals surface area contributed by atoms with E-state index in [2.05, 4.69) is 5.32 Å². The van der Waals surface area contributed by atoms with Crippen molar-refractivity contribution in [1.82, 2.24) is 0 Å². The number of rotatable bonds is 3. The predicted octanol–water partition coefficient (Wildman–Crippen LogP) is 4.60. The van der Waals surface area contributed by atoms with Gasteiger partial charge in [0.2, 0.25) is 0 Å². The Balaban J connectivity index is 1.65. The van der Waals surface area contributed by atoms with Gasteiger partial charge in [0.1, 0.15) is 12.4 Å². The summed E-state index contributed by atoms with van der Waals surface area (Å²) in [7, 11) is 0. The summed E-state index contributed by atoms with van der Waals surface area (Å²) in [5.41, 5.74) is 2.08. The van der Waals surface area contributed by atoms with E-state index in [9.17, 15) is 19.3 Å². The molecule has 0 unspecified atom stereocenters. The minimum atomic E-state index is -0.747. The first kappa shape index (κ1) is 16.7. The summed E-state index contributed by atoms with van der Waals surface area (Å²) in [5.74, 6) is -0.488. The Morgan fingerprint density at radius 1 is 1.04 bits per heavy atom. The lowest BCUT2D eigenvalue weighted by Gasteiger charge is -2.11. The van der Waals surface area contributed by atoms with Crippen LogP contribution in [0, 0.1) is 15.9 Å². The average Bonchev–Trinajstić information content (AvgIpc) is 2.80. The number of carbonyl (C=O) groups is 1. The average molecular weight is 364 g/mol. The van der Waals surface area contributed by atoms with E-state index in [4.69, 9.17) is 4.74 Å². The number of nitro benzene ring substituents is 1. The highest BCUT2D eigenvalue weighted by Gasteiger charge is 2.22. The monoisotopic (exact) mass is 364 g/mol. The fourth-order valence-electron chi connectivity index (χ4n) is 2.95.